The number of hydrogen-bond acceptors (Lipinski definition) is 8. The minimum Gasteiger partial charge on any atom is -0.351 e. The van der Waals surface area contributed by atoms with Gasteiger partial charge in [0.05, 0.1) is 0 Å². The Morgan fingerprint density at radius 3 is 2.19 bits per heavy atom. The summed E-state index contributed by atoms with van der Waals surface area (Å²) in [6, 6.07) is 2.17. The minimum absolute atomic E-state index is 0. The van der Waals surface area contributed by atoms with E-state index in [0.29, 0.717) is 6.07 Å². The molecule has 1 fully saturated rings. The third-order valence-corrected chi connectivity index (χ3v) is 4.82. The van der Waals surface area contributed by atoms with Gasteiger partial charge < -0.3 is 10.6 Å². The molecule has 3 aromatic rings. The topological polar surface area (TPSA) is 101 Å². The molecule has 0 saturated heterocycles. The molecule has 0 spiro atoms. The Bertz CT molecular complexity index is 1220. The number of rotatable bonds is 5. The van der Waals surface area contributed by atoms with Crippen LogP contribution in [0.1, 0.15) is 30.8 Å². The number of pyridine rings is 1. The number of nitrogens with one attached hydrogen (secondary N) is 2. The van der Waals surface area contributed by atoms with E-state index >= 15 is 0 Å². The molecule has 36 heavy (non-hydrogen) atoms. The third kappa shape index (κ3) is 6.64. The van der Waals surface area contributed by atoms with Crippen LogP contribution >= 0.6 is 13.5 Å². The van der Waals surface area contributed by atoms with Crippen molar-refractivity contribution >= 4 is 31.1 Å². The monoisotopic (exact) mass is 540 g/mol. The summed E-state index contributed by atoms with van der Waals surface area (Å²) in [6.07, 6.45) is -8.74. The first-order valence-corrected chi connectivity index (χ1v) is 9.90. The van der Waals surface area contributed by atoms with E-state index in [-0.39, 0.29) is 49.6 Å². The van der Waals surface area contributed by atoms with Crippen LogP contribution < -0.4 is 10.6 Å². The summed E-state index contributed by atoms with van der Waals surface area (Å²) in [4.78, 5) is 21.6. The van der Waals surface area contributed by atoms with E-state index in [9.17, 15) is 35.1 Å². The summed E-state index contributed by atoms with van der Waals surface area (Å²) in [5, 5.41) is 5.17. The van der Waals surface area contributed by atoms with Crippen LogP contribution in [-0.4, -0.2) is 41.9 Å². The van der Waals surface area contributed by atoms with Crippen molar-refractivity contribution in [3.8, 4) is 11.5 Å². The van der Waals surface area contributed by atoms with Gasteiger partial charge in [-0.15, -0.1) is 0 Å². The summed E-state index contributed by atoms with van der Waals surface area (Å²) in [5.41, 5.74) is -1.72. The number of hydrogen-bond donors (Lipinski definition) is 2. The van der Waals surface area contributed by atoms with Crippen molar-refractivity contribution in [2.75, 3.05) is 10.6 Å². The summed E-state index contributed by atoms with van der Waals surface area (Å²) in [7, 11) is 0. The van der Waals surface area contributed by atoms with Gasteiger partial charge in [-0.2, -0.15) is 54.8 Å². The van der Waals surface area contributed by atoms with E-state index in [1.54, 1.807) is 0 Å². The molecular weight excluding hydrogens is 524 g/mol. The number of aromatic nitrogens is 6. The Kier molecular flexibility index (Phi) is 7.52. The molecule has 3 heterocycles. The predicted octanol–water partition coefficient (Wildman–Crippen LogP) is 5.22. The molecule has 0 radical (unpaired) electrons. The molecule has 17 heteroatoms. The van der Waals surface area contributed by atoms with Gasteiger partial charge >= 0.3 is 12.4 Å². The van der Waals surface area contributed by atoms with Crippen LogP contribution in [-0.2, 0) is 12.4 Å². The molecule has 0 aromatic carbocycles. The Morgan fingerprint density at radius 1 is 0.861 bits per heavy atom. The predicted molar refractivity (Wildman–Crippen MR) is 115 cm³/mol. The number of anilines is 3. The highest BCUT2D eigenvalue weighted by Gasteiger charge is 2.40. The molecule has 4 rings (SSSR count). The van der Waals surface area contributed by atoms with Crippen molar-refractivity contribution in [2.24, 2.45) is 0 Å². The first kappa shape index (κ1) is 27.2. The maximum Gasteiger partial charge on any atom is 0.451 e. The van der Waals surface area contributed by atoms with E-state index in [0.717, 1.165) is 18.5 Å². The summed E-state index contributed by atoms with van der Waals surface area (Å²) >= 11 is 0. The van der Waals surface area contributed by atoms with Gasteiger partial charge in [0.1, 0.15) is 11.4 Å². The molecule has 1 saturated carbocycles. The van der Waals surface area contributed by atoms with Gasteiger partial charge in [0.2, 0.25) is 23.6 Å². The lowest BCUT2D eigenvalue weighted by molar-refractivity contribution is -0.145. The fourth-order valence-electron chi connectivity index (χ4n) is 3.28. The lowest BCUT2D eigenvalue weighted by Gasteiger charge is -2.15. The van der Waals surface area contributed by atoms with Gasteiger partial charge in [-0.3, -0.25) is 4.98 Å². The molecule has 1 aliphatic rings. The third-order valence-electron chi connectivity index (χ3n) is 4.82. The molecule has 1 aliphatic carbocycles. The Hall–Kier alpha value is -3.37. The van der Waals surface area contributed by atoms with Gasteiger partial charge in [-0.1, -0.05) is 0 Å². The normalized spacial score (nSPS) is 17.4. The minimum atomic E-state index is -4.87. The molecule has 0 aliphatic heterocycles. The average molecular weight is 540 g/mol. The Balaban J connectivity index is 0.00000361. The van der Waals surface area contributed by atoms with Gasteiger partial charge in [0, 0.05) is 37.0 Å². The van der Waals surface area contributed by atoms with E-state index in [2.05, 4.69) is 40.5 Å². The Labute approximate surface area is 204 Å². The van der Waals surface area contributed by atoms with Gasteiger partial charge in [-0.05, 0) is 24.6 Å². The van der Waals surface area contributed by atoms with Gasteiger partial charge in [0.15, 0.2) is 5.82 Å². The van der Waals surface area contributed by atoms with Crippen molar-refractivity contribution in [1.29, 1.82) is 0 Å². The van der Waals surface area contributed by atoms with Crippen LogP contribution in [0.4, 0.5) is 52.7 Å². The van der Waals surface area contributed by atoms with Crippen molar-refractivity contribution in [2.45, 2.75) is 43.6 Å². The van der Waals surface area contributed by atoms with Gasteiger partial charge in [0.25, 0.3) is 0 Å². The SMILES string of the molecule is FC1(F)CC[C@H](Nc2nc(Nc3ccnc(C(F)(F)F)c3)nc(-c3ccnc(C(F)(F)F)n3)n2)C1.S. The van der Waals surface area contributed by atoms with Crippen LogP contribution in [0.25, 0.3) is 11.5 Å². The van der Waals surface area contributed by atoms with Crippen LogP contribution in [0, 0.1) is 0 Å². The molecule has 1 atom stereocenters. The maximum atomic E-state index is 13.6. The van der Waals surface area contributed by atoms with Crippen molar-refractivity contribution < 1.29 is 35.1 Å². The highest BCUT2D eigenvalue weighted by molar-refractivity contribution is 7.59. The van der Waals surface area contributed by atoms with Crippen LogP contribution in [0.15, 0.2) is 30.6 Å². The van der Waals surface area contributed by atoms with Crippen LogP contribution in [0.5, 0.6) is 0 Å². The van der Waals surface area contributed by atoms with E-state index in [4.69, 9.17) is 0 Å². The van der Waals surface area contributed by atoms with E-state index in [1.807, 2.05) is 0 Å². The van der Waals surface area contributed by atoms with Crippen LogP contribution in [0.2, 0.25) is 0 Å². The standard InChI is InChI=1S/C19H14F8N8.H2S/c20-17(21)4-1-10(8-17)31-16-34-13(11-3-6-29-14(32-11)19(25,26)27)33-15(35-16)30-9-2-5-28-12(7-9)18(22,23)24;/h2-3,5-7,10H,1,4,8H2,(H2,28,30,31,33,34,35);1H2/t10-;/m0./s1. The van der Waals surface area contributed by atoms with E-state index in [1.165, 1.54) is 6.07 Å². The zero-order valence-electron chi connectivity index (χ0n) is 17.8. The molecule has 194 valence electrons. The maximum absolute atomic E-state index is 13.6. The largest absolute Gasteiger partial charge is 0.451 e. The van der Waals surface area contributed by atoms with E-state index < -0.39 is 48.1 Å². The first-order chi connectivity index (χ1) is 16.3. The second-order valence-corrected chi connectivity index (χ2v) is 7.56. The Morgan fingerprint density at radius 2 is 1.56 bits per heavy atom. The fourth-order valence-corrected chi connectivity index (χ4v) is 3.28. The second-order valence-electron chi connectivity index (χ2n) is 7.56. The lowest BCUT2D eigenvalue weighted by Crippen LogP contribution is -2.21. The van der Waals surface area contributed by atoms with Crippen molar-refractivity contribution in [3.63, 3.8) is 0 Å². The zero-order chi connectivity index (χ0) is 25.4. The molecule has 0 bridgehead atoms. The molecule has 2 N–H and O–H groups in total. The quantitative estimate of drug-likeness (QED) is 0.425. The molecular formula is C19H16F8N8S. The summed E-state index contributed by atoms with van der Waals surface area (Å²) in [5.74, 6) is -5.42. The molecule has 3 aromatic heterocycles. The molecule has 8 nitrogen and oxygen atoms in total. The smallest absolute Gasteiger partial charge is 0.351 e. The number of alkyl halides is 8. The van der Waals surface area contributed by atoms with Crippen molar-refractivity contribution in [1.82, 2.24) is 29.9 Å². The highest BCUT2D eigenvalue weighted by Crippen LogP contribution is 2.36. The highest BCUT2D eigenvalue weighted by atomic mass is 32.1. The fraction of sp³-hybridized carbons (Fsp3) is 0.368. The van der Waals surface area contributed by atoms with Crippen molar-refractivity contribution in [3.05, 3.63) is 42.1 Å². The lowest BCUT2D eigenvalue weighted by atomic mass is 10.2. The molecule has 0 amide bonds. The molecule has 0 unspecified atom stereocenters. The summed E-state index contributed by atoms with van der Waals surface area (Å²) < 4.78 is 105. The number of nitrogens with zero attached hydrogens (tertiary/aromatic N) is 6. The zero-order valence-corrected chi connectivity index (χ0v) is 18.8. The average Bonchev–Trinajstić information content (AvgIpc) is 3.10. The summed E-state index contributed by atoms with van der Waals surface area (Å²) in [6.45, 7) is 0. The van der Waals surface area contributed by atoms with Crippen LogP contribution in [0.3, 0.4) is 0 Å². The van der Waals surface area contributed by atoms with Gasteiger partial charge in [-0.25, -0.2) is 18.7 Å². The second kappa shape index (κ2) is 9.94. The number of halogens is 8. The first-order valence-electron chi connectivity index (χ1n) is 9.90.